The van der Waals surface area contributed by atoms with Gasteiger partial charge in [-0.2, -0.15) is 10.2 Å². The van der Waals surface area contributed by atoms with Gasteiger partial charge in [0.1, 0.15) is 5.82 Å². The van der Waals surface area contributed by atoms with Gasteiger partial charge in [-0.15, -0.1) is 0 Å². The predicted octanol–water partition coefficient (Wildman–Crippen LogP) is 2.97. The maximum absolute atomic E-state index is 12.8. The first-order valence-electron chi connectivity index (χ1n) is 8.83. The summed E-state index contributed by atoms with van der Waals surface area (Å²) in [5.74, 6) is 0.00533. The van der Waals surface area contributed by atoms with Crippen molar-refractivity contribution < 1.29 is 4.79 Å². The Bertz CT molecular complexity index is 989. The molecule has 0 unspecified atom stereocenters. The largest absolute Gasteiger partial charge is 0.310 e. The summed E-state index contributed by atoms with van der Waals surface area (Å²) in [6.07, 6.45) is 3.80. The third-order valence-corrected chi connectivity index (χ3v) is 4.52. The molecule has 7 nitrogen and oxygen atoms in total. The molecule has 0 aliphatic carbocycles. The molecular formula is C19H23N5O2. The number of nitrogens with one attached hydrogen (secondary N) is 2. The van der Waals surface area contributed by atoms with Crippen molar-refractivity contribution in [1.29, 1.82) is 0 Å². The number of carbonyl (C=O) groups is 1. The van der Waals surface area contributed by atoms with Crippen LogP contribution >= 0.6 is 0 Å². The number of aromatic amines is 1. The highest BCUT2D eigenvalue weighted by Gasteiger charge is 2.22. The second kappa shape index (κ2) is 7.51. The summed E-state index contributed by atoms with van der Waals surface area (Å²) in [5, 5.41) is 15.1. The Morgan fingerprint density at radius 3 is 2.77 bits per heavy atom. The topological polar surface area (TPSA) is 92.7 Å². The molecule has 3 rings (SSSR count). The van der Waals surface area contributed by atoms with Crippen molar-refractivity contribution in [2.45, 2.75) is 46.1 Å². The molecule has 0 radical (unpaired) electrons. The molecule has 136 valence electrons. The van der Waals surface area contributed by atoms with E-state index in [1.807, 2.05) is 23.7 Å². The molecule has 2 aromatic heterocycles. The summed E-state index contributed by atoms with van der Waals surface area (Å²) < 4.78 is 1.82. The van der Waals surface area contributed by atoms with Gasteiger partial charge in [-0.25, -0.2) is 9.78 Å². The number of aromatic nitrogens is 4. The van der Waals surface area contributed by atoms with Crippen LogP contribution in [0.3, 0.4) is 0 Å². The number of benzene rings is 1. The lowest BCUT2D eigenvalue weighted by atomic mass is 10.0. The number of rotatable bonds is 6. The fourth-order valence-electron chi connectivity index (χ4n) is 2.93. The SMILES string of the molecule is CCCCn1ncc(C)c1NC(=O)[C@H](C)c1n[nH]c(=O)c2ccccc12. The van der Waals surface area contributed by atoms with Crippen LogP contribution in [0.4, 0.5) is 5.82 Å². The maximum atomic E-state index is 12.8. The minimum absolute atomic E-state index is 0.184. The number of unbranched alkanes of at least 4 members (excludes halogenated alkanes) is 1. The average molecular weight is 353 g/mol. The van der Waals surface area contributed by atoms with Crippen LogP contribution in [0.15, 0.2) is 35.3 Å². The van der Waals surface area contributed by atoms with Crippen LogP contribution in [0, 0.1) is 6.92 Å². The lowest BCUT2D eigenvalue weighted by molar-refractivity contribution is -0.117. The number of hydrogen-bond donors (Lipinski definition) is 2. The Hall–Kier alpha value is -2.96. The first-order valence-corrected chi connectivity index (χ1v) is 8.83. The van der Waals surface area contributed by atoms with E-state index in [0.29, 0.717) is 22.3 Å². The number of H-pyrrole nitrogens is 1. The molecular weight excluding hydrogens is 330 g/mol. The molecule has 0 aliphatic heterocycles. The van der Waals surface area contributed by atoms with Crippen LogP contribution in [-0.4, -0.2) is 25.9 Å². The number of amides is 1. The first kappa shape index (κ1) is 17.8. The molecule has 0 saturated carbocycles. The zero-order valence-corrected chi connectivity index (χ0v) is 15.2. The molecule has 2 heterocycles. The zero-order valence-electron chi connectivity index (χ0n) is 15.2. The normalized spacial score (nSPS) is 12.3. The van der Waals surface area contributed by atoms with E-state index in [1.165, 1.54) is 0 Å². The van der Waals surface area contributed by atoms with Crippen LogP contribution in [0.1, 0.15) is 43.9 Å². The van der Waals surface area contributed by atoms with Crippen molar-refractivity contribution in [1.82, 2.24) is 20.0 Å². The predicted molar refractivity (Wildman–Crippen MR) is 101 cm³/mol. The summed E-state index contributed by atoms with van der Waals surface area (Å²) in [7, 11) is 0. The third-order valence-electron chi connectivity index (χ3n) is 4.52. The minimum Gasteiger partial charge on any atom is -0.310 e. The molecule has 0 saturated heterocycles. The second-order valence-corrected chi connectivity index (χ2v) is 6.45. The van der Waals surface area contributed by atoms with E-state index in [-0.39, 0.29) is 11.5 Å². The van der Waals surface area contributed by atoms with Gasteiger partial charge in [0.25, 0.3) is 5.56 Å². The summed E-state index contributed by atoms with van der Waals surface area (Å²) in [6, 6.07) is 7.17. The number of aryl methyl sites for hydroxylation is 2. The Kier molecular flexibility index (Phi) is 5.16. The molecule has 3 aromatic rings. The van der Waals surface area contributed by atoms with Gasteiger partial charge in [0.15, 0.2) is 0 Å². The number of nitrogens with zero attached hydrogens (tertiary/aromatic N) is 3. The van der Waals surface area contributed by atoms with Gasteiger partial charge in [0, 0.05) is 17.5 Å². The Morgan fingerprint density at radius 1 is 1.31 bits per heavy atom. The highest BCUT2D eigenvalue weighted by molar-refractivity contribution is 5.98. The molecule has 0 fully saturated rings. The van der Waals surface area contributed by atoms with E-state index in [4.69, 9.17) is 0 Å². The average Bonchev–Trinajstić information content (AvgIpc) is 2.99. The Labute approximate surface area is 151 Å². The molecule has 7 heteroatoms. The summed E-state index contributed by atoms with van der Waals surface area (Å²) in [5.41, 5.74) is 1.21. The van der Waals surface area contributed by atoms with Crippen LogP contribution in [0.5, 0.6) is 0 Å². The summed E-state index contributed by atoms with van der Waals surface area (Å²) in [4.78, 5) is 24.8. The zero-order chi connectivity index (χ0) is 18.7. The molecule has 2 N–H and O–H groups in total. The van der Waals surface area contributed by atoms with Crippen molar-refractivity contribution in [2.24, 2.45) is 0 Å². The van der Waals surface area contributed by atoms with Gasteiger partial charge < -0.3 is 5.32 Å². The van der Waals surface area contributed by atoms with Gasteiger partial charge >= 0.3 is 0 Å². The highest BCUT2D eigenvalue weighted by Crippen LogP contribution is 2.23. The number of anilines is 1. The van der Waals surface area contributed by atoms with Crippen molar-refractivity contribution >= 4 is 22.5 Å². The fraction of sp³-hybridized carbons (Fsp3) is 0.368. The monoisotopic (exact) mass is 353 g/mol. The van der Waals surface area contributed by atoms with Gasteiger partial charge in [-0.1, -0.05) is 31.5 Å². The molecule has 0 spiro atoms. The number of fused-ring (bicyclic) bond motifs is 1. The number of hydrogen-bond acceptors (Lipinski definition) is 4. The van der Waals surface area contributed by atoms with Gasteiger partial charge in [-0.3, -0.25) is 9.59 Å². The van der Waals surface area contributed by atoms with Crippen molar-refractivity contribution in [3.8, 4) is 0 Å². The standard InChI is InChI=1S/C19H23N5O2/c1-4-5-10-24-17(12(2)11-20-24)21-18(25)13(3)16-14-8-6-7-9-15(14)19(26)23-22-16/h6-9,11,13H,4-5,10H2,1-3H3,(H,21,25)(H,23,26)/t13-/m1/s1. The molecule has 26 heavy (non-hydrogen) atoms. The van der Waals surface area contributed by atoms with E-state index in [9.17, 15) is 9.59 Å². The van der Waals surface area contributed by atoms with Crippen LogP contribution in [0.2, 0.25) is 0 Å². The lowest BCUT2D eigenvalue weighted by Crippen LogP contribution is -2.24. The van der Waals surface area contributed by atoms with Crippen LogP contribution < -0.4 is 10.9 Å². The van der Waals surface area contributed by atoms with Gasteiger partial charge in [-0.05, 0) is 26.3 Å². The van der Waals surface area contributed by atoms with E-state index >= 15 is 0 Å². The minimum atomic E-state index is -0.523. The van der Waals surface area contributed by atoms with E-state index in [1.54, 1.807) is 25.3 Å². The fourth-order valence-corrected chi connectivity index (χ4v) is 2.93. The number of carbonyl (C=O) groups excluding carboxylic acids is 1. The van der Waals surface area contributed by atoms with Gasteiger partial charge in [0.05, 0.1) is 23.2 Å². The van der Waals surface area contributed by atoms with Crippen molar-refractivity contribution in [2.75, 3.05) is 5.32 Å². The van der Waals surface area contributed by atoms with Crippen LogP contribution in [-0.2, 0) is 11.3 Å². The second-order valence-electron chi connectivity index (χ2n) is 6.45. The van der Waals surface area contributed by atoms with E-state index in [0.717, 1.165) is 24.9 Å². The molecule has 1 amide bonds. The molecule has 0 bridgehead atoms. The molecule has 0 aliphatic rings. The first-order chi connectivity index (χ1) is 12.5. The van der Waals surface area contributed by atoms with Crippen molar-refractivity contribution in [3.63, 3.8) is 0 Å². The van der Waals surface area contributed by atoms with Gasteiger partial charge in [0.2, 0.25) is 5.91 Å². The van der Waals surface area contributed by atoms with E-state index in [2.05, 4.69) is 27.5 Å². The lowest BCUT2D eigenvalue weighted by Gasteiger charge is -2.15. The third kappa shape index (κ3) is 3.37. The maximum Gasteiger partial charge on any atom is 0.272 e. The quantitative estimate of drug-likeness (QED) is 0.712. The molecule has 1 aromatic carbocycles. The Morgan fingerprint density at radius 2 is 2.04 bits per heavy atom. The molecule has 1 atom stereocenters. The van der Waals surface area contributed by atoms with E-state index < -0.39 is 5.92 Å². The summed E-state index contributed by atoms with van der Waals surface area (Å²) >= 11 is 0. The smallest absolute Gasteiger partial charge is 0.272 e. The van der Waals surface area contributed by atoms with Crippen molar-refractivity contribution in [3.05, 3.63) is 52.1 Å². The van der Waals surface area contributed by atoms with Crippen LogP contribution in [0.25, 0.3) is 10.8 Å². The highest BCUT2D eigenvalue weighted by atomic mass is 16.2. The Balaban J connectivity index is 1.89. The summed E-state index contributed by atoms with van der Waals surface area (Å²) in [6.45, 7) is 6.58.